The molecule has 3 rings (SSSR count). The summed E-state index contributed by atoms with van der Waals surface area (Å²) in [5.74, 6) is -0.379. The first-order chi connectivity index (χ1) is 14.1. The number of hydrogen-bond acceptors (Lipinski definition) is 4. The van der Waals surface area contributed by atoms with Crippen LogP contribution in [0, 0.1) is 0 Å². The number of rotatable bonds is 6. The number of thiophene rings is 1. The van der Waals surface area contributed by atoms with Crippen molar-refractivity contribution in [1.82, 2.24) is 9.21 Å². The Morgan fingerprint density at radius 1 is 1.10 bits per heavy atom. The molecule has 0 aliphatic carbocycles. The number of nitrogens with zero attached hydrogens (tertiary/aromatic N) is 2. The lowest BCUT2D eigenvalue weighted by atomic mass is 10.1. The van der Waals surface area contributed by atoms with Gasteiger partial charge < -0.3 is 4.90 Å². The van der Waals surface area contributed by atoms with Crippen LogP contribution in [-0.4, -0.2) is 43.7 Å². The van der Waals surface area contributed by atoms with E-state index in [0.717, 1.165) is 36.7 Å². The van der Waals surface area contributed by atoms with E-state index in [-0.39, 0.29) is 28.6 Å². The molecule has 1 aromatic carbocycles. The number of amides is 1. The van der Waals surface area contributed by atoms with Crippen molar-refractivity contribution in [3.8, 4) is 0 Å². The Labute approximate surface area is 178 Å². The molecule has 0 radical (unpaired) electrons. The number of benzene rings is 1. The molecule has 0 atom stereocenters. The first kappa shape index (κ1) is 22.8. The summed E-state index contributed by atoms with van der Waals surface area (Å²) in [5, 5.41) is 0. The fourth-order valence-corrected chi connectivity index (χ4v) is 6.41. The molecular weight excluding hydrogens is 437 g/mol. The fraction of sp³-hybridized carbons (Fsp3) is 0.450. The highest BCUT2D eigenvalue weighted by Crippen LogP contribution is 2.32. The largest absolute Gasteiger partial charge is 0.416 e. The van der Waals surface area contributed by atoms with Gasteiger partial charge in [0.05, 0.1) is 12.0 Å². The van der Waals surface area contributed by atoms with Crippen LogP contribution in [0.15, 0.2) is 40.6 Å². The zero-order valence-corrected chi connectivity index (χ0v) is 18.1. The maximum atomic E-state index is 13.2. The Morgan fingerprint density at radius 3 is 2.43 bits per heavy atom. The third kappa shape index (κ3) is 5.22. The van der Waals surface area contributed by atoms with Crippen LogP contribution in [0.3, 0.4) is 0 Å². The molecule has 0 saturated carbocycles. The van der Waals surface area contributed by atoms with Gasteiger partial charge in [-0.3, -0.25) is 4.79 Å². The van der Waals surface area contributed by atoms with Gasteiger partial charge >= 0.3 is 6.18 Å². The number of alkyl halides is 3. The van der Waals surface area contributed by atoms with Gasteiger partial charge in [0, 0.05) is 31.6 Å². The highest BCUT2D eigenvalue weighted by atomic mass is 32.2. The summed E-state index contributed by atoms with van der Waals surface area (Å²) in [7, 11) is -2.13. The summed E-state index contributed by atoms with van der Waals surface area (Å²) in [6.07, 6.45) is -1.88. The molecule has 1 aliphatic heterocycles. The summed E-state index contributed by atoms with van der Waals surface area (Å²) >= 11 is 1.04. The zero-order valence-electron chi connectivity index (χ0n) is 16.5. The van der Waals surface area contributed by atoms with Crippen molar-refractivity contribution in [2.24, 2.45) is 0 Å². The highest BCUT2D eigenvalue weighted by Gasteiger charge is 2.33. The van der Waals surface area contributed by atoms with Crippen molar-refractivity contribution in [3.63, 3.8) is 0 Å². The van der Waals surface area contributed by atoms with E-state index in [1.807, 2.05) is 0 Å². The predicted octanol–water partition coefficient (Wildman–Crippen LogP) is 4.14. The molecule has 10 heteroatoms. The Kier molecular flexibility index (Phi) is 6.88. The number of piperidine rings is 1. The minimum absolute atomic E-state index is 0.0143. The van der Waals surface area contributed by atoms with E-state index in [2.05, 4.69) is 0 Å². The van der Waals surface area contributed by atoms with Gasteiger partial charge in [-0.2, -0.15) is 17.5 Å². The average Bonchev–Trinajstić information content (AvgIpc) is 3.17. The minimum atomic E-state index is -4.49. The van der Waals surface area contributed by atoms with Gasteiger partial charge in [-0.25, -0.2) is 8.42 Å². The SMILES string of the molecule is CN(Cc1ccccc1C(F)(F)F)C(=O)Cc1ccc(S(=O)(=O)N2CCCCC2)s1. The first-order valence-electron chi connectivity index (χ1n) is 9.57. The number of halogens is 3. The second-order valence-electron chi connectivity index (χ2n) is 7.27. The summed E-state index contributed by atoms with van der Waals surface area (Å²) in [6, 6.07) is 8.24. The molecule has 5 nitrogen and oxygen atoms in total. The van der Waals surface area contributed by atoms with Crippen molar-refractivity contribution in [3.05, 3.63) is 52.4 Å². The van der Waals surface area contributed by atoms with Crippen LogP contribution in [0.5, 0.6) is 0 Å². The molecule has 2 heterocycles. The van der Waals surface area contributed by atoms with Gasteiger partial charge in [-0.15, -0.1) is 11.3 Å². The predicted molar refractivity (Wildman–Crippen MR) is 109 cm³/mol. The molecule has 164 valence electrons. The van der Waals surface area contributed by atoms with E-state index >= 15 is 0 Å². The molecule has 1 saturated heterocycles. The van der Waals surface area contributed by atoms with E-state index in [1.165, 1.54) is 40.5 Å². The molecule has 1 amide bonds. The van der Waals surface area contributed by atoms with Crippen LogP contribution >= 0.6 is 11.3 Å². The van der Waals surface area contributed by atoms with Gasteiger partial charge in [0.2, 0.25) is 5.91 Å². The van der Waals surface area contributed by atoms with Crippen LogP contribution in [0.25, 0.3) is 0 Å². The lowest BCUT2D eigenvalue weighted by Gasteiger charge is -2.25. The van der Waals surface area contributed by atoms with Crippen molar-refractivity contribution in [1.29, 1.82) is 0 Å². The molecular formula is C20H23F3N2O3S2. The lowest BCUT2D eigenvalue weighted by Crippen LogP contribution is -2.35. The molecule has 30 heavy (non-hydrogen) atoms. The number of carbonyl (C=O) groups excluding carboxylic acids is 1. The molecule has 0 N–H and O–H groups in total. The highest BCUT2D eigenvalue weighted by molar-refractivity contribution is 7.91. The monoisotopic (exact) mass is 460 g/mol. The van der Waals surface area contributed by atoms with E-state index in [1.54, 1.807) is 6.07 Å². The van der Waals surface area contributed by atoms with E-state index in [4.69, 9.17) is 0 Å². The van der Waals surface area contributed by atoms with Crippen molar-refractivity contribution in [2.45, 2.75) is 42.6 Å². The molecule has 0 unspecified atom stereocenters. The first-order valence-corrected chi connectivity index (χ1v) is 11.8. The maximum Gasteiger partial charge on any atom is 0.416 e. The molecule has 2 aromatic rings. The van der Waals surface area contributed by atoms with Crippen LogP contribution in [0.2, 0.25) is 0 Å². The molecule has 1 aromatic heterocycles. The van der Waals surface area contributed by atoms with Crippen molar-refractivity contribution < 1.29 is 26.4 Å². The lowest BCUT2D eigenvalue weighted by molar-refractivity contribution is -0.139. The van der Waals surface area contributed by atoms with Crippen molar-refractivity contribution in [2.75, 3.05) is 20.1 Å². The second-order valence-corrected chi connectivity index (χ2v) is 10.6. The standard InChI is InChI=1S/C20H23F3N2O3S2/c1-24(14-15-7-3-4-8-17(15)20(21,22)23)18(26)13-16-9-10-19(29-16)30(27,28)25-11-5-2-6-12-25/h3-4,7-10H,2,5-6,11-14H2,1H3. The number of likely N-dealkylation sites (N-methyl/N-ethyl adjacent to an activating group) is 1. The van der Waals surface area contributed by atoms with Gasteiger partial charge in [0.25, 0.3) is 10.0 Å². The van der Waals surface area contributed by atoms with Gasteiger partial charge in [-0.05, 0) is 36.6 Å². The van der Waals surface area contributed by atoms with Crippen LogP contribution < -0.4 is 0 Å². The van der Waals surface area contributed by atoms with E-state index in [9.17, 15) is 26.4 Å². The van der Waals surface area contributed by atoms with Crippen molar-refractivity contribution >= 4 is 27.3 Å². The summed E-state index contributed by atoms with van der Waals surface area (Å²) < 4.78 is 66.6. The fourth-order valence-electron chi connectivity index (χ4n) is 3.39. The maximum absolute atomic E-state index is 13.2. The third-order valence-electron chi connectivity index (χ3n) is 5.03. The van der Waals surface area contributed by atoms with Gasteiger partial charge in [0.1, 0.15) is 4.21 Å². The molecule has 0 bridgehead atoms. The zero-order chi connectivity index (χ0) is 21.9. The Balaban J connectivity index is 1.67. The number of sulfonamides is 1. The number of hydrogen-bond donors (Lipinski definition) is 0. The summed E-state index contributed by atoms with van der Waals surface area (Å²) in [4.78, 5) is 14.3. The summed E-state index contributed by atoms with van der Waals surface area (Å²) in [5.41, 5.74) is -0.754. The third-order valence-corrected chi connectivity index (χ3v) is 8.48. The minimum Gasteiger partial charge on any atom is -0.341 e. The van der Waals surface area contributed by atoms with Gasteiger partial charge in [0.15, 0.2) is 0 Å². The normalized spacial score (nSPS) is 15.9. The number of carbonyl (C=O) groups is 1. The van der Waals surface area contributed by atoms with Gasteiger partial charge in [-0.1, -0.05) is 24.6 Å². The van der Waals surface area contributed by atoms with Crippen LogP contribution in [-0.2, 0) is 34.0 Å². The topological polar surface area (TPSA) is 57.7 Å². The molecule has 0 spiro atoms. The van der Waals surface area contributed by atoms with Crippen LogP contribution in [0.4, 0.5) is 13.2 Å². The van der Waals surface area contributed by atoms with Crippen LogP contribution in [0.1, 0.15) is 35.3 Å². The smallest absolute Gasteiger partial charge is 0.341 e. The molecule has 1 fully saturated rings. The molecule has 1 aliphatic rings. The second kappa shape index (κ2) is 9.07. The Bertz CT molecular complexity index is 997. The quantitative estimate of drug-likeness (QED) is 0.651. The Hall–Kier alpha value is -1.91. The average molecular weight is 461 g/mol. The van der Waals surface area contributed by atoms with E-state index < -0.39 is 21.8 Å². The summed E-state index contributed by atoms with van der Waals surface area (Å²) in [6.45, 7) is 0.810. The Morgan fingerprint density at radius 2 is 1.77 bits per heavy atom. The van der Waals surface area contributed by atoms with E-state index in [0.29, 0.717) is 18.0 Å².